The molecule has 2 aromatic rings. The van der Waals surface area contributed by atoms with Crippen molar-refractivity contribution in [2.24, 2.45) is 0 Å². The molecule has 0 aliphatic heterocycles. The predicted octanol–water partition coefficient (Wildman–Crippen LogP) is 1.86. The molecule has 2 rings (SSSR count). The van der Waals surface area contributed by atoms with E-state index in [0.717, 1.165) is 17.7 Å². The first kappa shape index (κ1) is 20.6. The first-order valence-electron chi connectivity index (χ1n) is 6.64. The molecule has 1 aromatic carbocycles. The monoisotopic (exact) mass is 438 g/mol. The van der Waals surface area contributed by atoms with Gasteiger partial charge in [0.05, 0.1) is 17.2 Å². The van der Waals surface area contributed by atoms with Crippen LogP contribution in [0.3, 0.4) is 0 Å². The Morgan fingerprint density at radius 2 is 2.04 bits per heavy atom. The van der Waals surface area contributed by atoms with Gasteiger partial charge in [-0.05, 0) is 31.5 Å². The van der Waals surface area contributed by atoms with Crippen molar-refractivity contribution < 1.29 is 18.3 Å². The van der Waals surface area contributed by atoms with E-state index in [9.17, 15) is 23.1 Å². The molecule has 1 heterocycles. The van der Waals surface area contributed by atoms with Gasteiger partial charge in [0.1, 0.15) is 0 Å². The van der Waals surface area contributed by atoms with E-state index in [2.05, 4.69) is 20.9 Å². The first-order valence-corrected chi connectivity index (χ1v) is 9.32. The normalized spacial score (nSPS) is 14.0. The maximum absolute atomic E-state index is 12.4. The van der Waals surface area contributed by atoms with Crippen molar-refractivity contribution in [1.29, 1.82) is 0 Å². The van der Waals surface area contributed by atoms with Crippen LogP contribution in [0, 0.1) is 0 Å². The molecule has 0 spiro atoms. The molecular weight excluding hydrogens is 424 g/mol. The minimum atomic E-state index is -3.84. The van der Waals surface area contributed by atoms with Crippen LogP contribution in [-0.2, 0) is 21.2 Å². The minimum absolute atomic E-state index is 0. The molecule has 0 amide bonds. The molecule has 7 nitrogen and oxygen atoms in total. The topological polar surface area (TPSA) is 106 Å². The number of carboxylic acids is 1. The molecule has 0 fully saturated rings. The van der Waals surface area contributed by atoms with Crippen LogP contribution in [0.5, 0.6) is 0 Å². The van der Waals surface area contributed by atoms with Gasteiger partial charge in [0.25, 0.3) is 5.56 Å². The number of aromatic nitrogens is 2. The van der Waals surface area contributed by atoms with Gasteiger partial charge >= 0.3 is 5.97 Å². The van der Waals surface area contributed by atoms with E-state index in [0.29, 0.717) is 10.9 Å². The highest BCUT2D eigenvalue weighted by Crippen LogP contribution is 2.22. The van der Waals surface area contributed by atoms with E-state index in [1.165, 1.54) is 10.9 Å². The average molecular weight is 440 g/mol. The molecule has 1 aromatic heterocycles. The molecule has 10 heteroatoms. The third-order valence-corrected chi connectivity index (χ3v) is 6.40. The van der Waals surface area contributed by atoms with Gasteiger partial charge in [0.15, 0.2) is 14.6 Å². The molecule has 0 aliphatic carbocycles. The SMILES string of the molecule is CC(CCn1cnc2cc(Br)ccc2c1=O)(C(=O)O)S(C)(=O)=O.Cl. The molecule has 0 saturated carbocycles. The largest absolute Gasteiger partial charge is 0.480 e. The molecule has 1 unspecified atom stereocenters. The van der Waals surface area contributed by atoms with E-state index in [-0.39, 0.29) is 30.9 Å². The Morgan fingerprint density at radius 3 is 2.58 bits per heavy atom. The number of hydrogen-bond acceptors (Lipinski definition) is 5. The van der Waals surface area contributed by atoms with Gasteiger partial charge in [-0.2, -0.15) is 0 Å². The van der Waals surface area contributed by atoms with Crippen molar-refractivity contribution >= 4 is 55.0 Å². The Hall–Kier alpha value is -1.45. The van der Waals surface area contributed by atoms with E-state index < -0.39 is 20.6 Å². The number of rotatable bonds is 5. The number of sulfone groups is 1. The van der Waals surface area contributed by atoms with Crippen molar-refractivity contribution in [2.75, 3.05) is 6.26 Å². The zero-order valence-electron chi connectivity index (χ0n) is 12.9. The lowest BCUT2D eigenvalue weighted by molar-refractivity contribution is -0.139. The molecule has 0 bridgehead atoms. The van der Waals surface area contributed by atoms with Crippen LogP contribution in [0.4, 0.5) is 0 Å². The molecule has 1 N–H and O–H groups in total. The van der Waals surface area contributed by atoms with Crippen molar-refractivity contribution in [3.8, 4) is 0 Å². The fourth-order valence-electron chi connectivity index (χ4n) is 2.08. The maximum Gasteiger partial charge on any atom is 0.324 e. The third kappa shape index (κ3) is 3.79. The second-order valence-electron chi connectivity index (χ2n) is 5.46. The summed E-state index contributed by atoms with van der Waals surface area (Å²) in [5, 5.41) is 9.61. The second-order valence-corrected chi connectivity index (χ2v) is 8.82. The summed E-state index contributed by atoms with van der Waals surface area (Å²) in [5.74, 6) is -1.44. The highest BCUT2D eigenvalue weighted by molar-refractivity contribution is 9.10. The van der Waals surface area contributed by atoms with Gasteiger partial charge in [-0.1, -0.05) is 15.9 Å². The lowest BCUT2D eigenvalue weighted by atomic mass is 10.1. The van der Waals surface area contributed by atoms with Crippen LogP contribution < -0.4 is 5.56 Å². The van der Waals surface area contributed by atoms with Gasteiger partial charge in [0.2, 0.25) is 0 Å². The maximum atomic E-state index is 12.4. The number of benzene rings is 1. The molecular formula is C14H16BrClN2O5S. The highest BCUT2D eigenvalue weighted by Gasteiger charge is 2.43. The minimum Gasteiger partial charge on any atom is -0.480 e. The van der Waals surface area contributed by atoms with Crippen molar-refractivity contribution in [2.45, 2.75) is 24.6 Å². The van der Waals surface area contributed by atoms with Gasteiger partial charge in [-0.15, -0.1) is 12.4 Å². The first-order chi connectivity index (χ1) is 10.6. The average Bonchev–Trinajstić information content (AvgIpc) is 2.44. The number of hydrogen-bond donors (Lipinski definition) is 1. The second kappa shape index (κ2) is 7.20. The summed E-state index contributed by atoms with van der Waals surface area (Å²) in [6, 6.07) is 5.00. The number of carbonyl (C=O) groups is 1. The van der Waals surface area contributed by atoms with E-state index in [4.69, 9.17) is 0 Å². The number of halogens is 2. The Kier molecular flexibility index (Phi) is 6.18. The van der Waals surface area contributed by atoms with Gasteiger partial charge in [-0.25, -0.2) is 13.4 Å². The number of fused-ring (bicyclic) bond motifs is 1. The van der Waals surface area contributed by atoms with Crippen LogP contribution in [0.15, 0.2) is 33.8 Å². The van der Waals surface area contributed by atoms with Crippen LogP contribution >= 0.6 is 28.3 Å². The molecule has 24 heavy (non-hydrogen) atoms. The molecule has 0 radical (unpaired) electrons. The number of carboxylic acid groups (broad SMARTS) is 1. The highest BCUT2D eigenvalue weighted by atomic mass is 79.9. The van der Waals surface area contributed by atoms with Crippen molar-refractivity contribution in [1.82, 2.24) is 9.55 Å². The fraction of sp³-hybridized carbons (Fsp3) is 0.357. The summed E-state index contributed by atoms with van der Waals surface area (Å²) >= 11 is 3.29. The summed E-state index contributed by atoms with van der Waals surface area (Å²) < 4.78 is 23.6. The Balaban J connectivity index is 0.00000288. The zero-order chi connectivity index (χ0) is 17.4. The number of aryl methyl sites for hydroxylation is 1. The zero-order valence-corrected chi connectivity index (χ0v) is 16.1. The summed E-state index contributed by atoms with van der Waals surface area (Å²) in [7, 11) is -3.84. The molecule has 132 valence electrons. The van der Waals surface area contributed by atoms with Crippen LogP contribution in [0.25, 0.3) is 10.9 Å². The molecule has 0 aliphatic rings. The van der Waals surface area contributed by atoms with Crippen LogP contribution in [0.1, 0.15) is 13.3 Å². The summed E-state index contributed by atoms with van der Waals surface area (Å²) in [4.78, 5) is 27.9. The number of nitrogens with zero attached hydrogens (tertiary/aromatic N) is 2. The summed E-state index contributed by atoms with van der Waals surface area (Å²) in [6.07, 6.45) is 1.94. The van der Waals surface area contributed by atoms with Gasteiger partial charge < -0.3 is 5.11 Å². The standard InChI is InChI=1S/C14H15BrN2O5S.ClH/c1-14(13(19)20,23(2,21)22)5-6-17-8-16-11-7-9(15)3-4-10(11)12(17)18;/h3-4,7-8H,5-6H2,1-2H3,(H,19,20);1H. The van der Waals surface area contributed by atoms with Gasteiger partial charge in [-0.3, -0.25) is 14.2 Å². The molecule has 0 saturated heterocycles. The van der Waals surface area contributed by atoms with E-state index in [1.54, 1.807) is 18.2 Å². The van der Waals surface area contributed by atoms with Crippen LogP contribution in [0.2, 0.25) is 0 Å². The summed E-state index contributed by atoms with van der Waals surface area (Å²) in [5.41, 5.74) is 0.161. The summed E-state index contributed by atoms with van der Waals surface area (Å²) in [6.45, 7) is 1.08. The lowest BCUT2D eigenvalue weighted by Crippen LogP contribution is -2.44. The fourth-order valence-corrected chi connectivity index (χ4v) is 3.20. The van der Waals surface area contributed by atoms with E-state index >= 15 is 0 Å². The van der Waals surface area contributed by atoms with Crippen LogP contribution in [-0.4, -0.2) is 40.0 Å². The Morgan fingerprint density at radius 1 is 1.42 bits per heavy atom. The van der Waals surface area contributed by atoms with Crippen molar-refractivity contribution in [3.63, 3.8) is 0 Å². The Bertz CT molecular complexity index is 944. The van der Waals surface area contributed by atoms with Crippen molar-refractivity contribution in [3.05, 3.63) is 39.4 Å². The Labute approximate surface area is 153 Å². The van der Waals surface area contributed by atoms with Gasteiger partial charge in [0, 0.05) is 17.3 Å². The number of aliphatic carboxylic acids is 1. The lowest BCUT2D eigenvalue weighted by Gasteiger charge is -2.22. The third-order valence-electron chi connectivity index (χ3n) is 3.89. The molecule has 1 atom stereocenters. The smallest absolute Gasteiger partial charge is 0.324 e. The quantitative estimate of drug-likeness (QED) is 0.762. The van der Waals surface area contributed by atoms with E-state index in [1.807, 2.05) is 0 Å². The predicted molar refractivity (Wildman–Crippen MR) is 96.5 cm³/mol.